The largest absolute Gasteiger partial charge is 0.481 e. The number of carbonyl (C=O) groups is 2. The summed E-state index contributed by atoms with van der Waals surface area (Å²) in [7, 11) is 0. The molecular weight excluding hydrogens is 226 g/mol. The van der Waals surface area contributed by atoms with Crippen molar-refractivity contribution in [3.63, 3.8) is 0 Å². The Morgan fingerprint density at radius 3 is 2.81 bits per heavy atom. The molecule has 1 N–H and O–H groups in total. The van der Waals surface area contributed by atoms with Gasteiger partial charge in [0.25, 0.3) is 0 Å². The first kappa shape index (κ1) is 13.4. The van der Waals surface area contributed by atoms with Crippen molar-refractivity contribution in [2.45, 2.75) is 31.4 Å². The number of nitrogens with zero attached hydrogens (tertiary/aromatic N) is 1. The number of amides is 1. The highest BCUT2D eigenvalue weighted by molar-refractivity contribution is 7.99. The third-order valence-corrected chi connectivity index (χ3v) is 3.96. The highest BCUT2D eigenvalue weighted by Gasteiger charge is 2.28. The van der Waals surface area contributed by atoms with Gasteiger partial charge in [0.2, 0.25) is 5.91 Å². The Labute approximate surface area is 100 Å². The molecule has 0 radical (unpaired) electrons. The molecule has 1 aliphatic heterocycles. The van der Waals surface area contributed by atoms with Crippen LogP contribution in [0.2, 0.25) is 0 Å². The number of carbonyl (C=O) groups excluding carboxylic acids is 1. The predicted octanol–water partition coefficient (Wildman–Crippen LogP) is 1.45. The van der Waals surface area contributed by atoms with Gasteiger partial charge >= 0.3 is 5.97 Å². The van der Waals surface area contributed by atoms with E-state index in [4.69, 9.17) is 5.11 Å². The molecule has 0 bridgehead atoms. The second kappa shape index (κ2) is 6.13. The minimum atomic E-state index is -0.782. The zero-order valence-corrected chi connectivity index (χ0v) is 10.6. The first-order chi connectivity index (χ1) is 7.54. The van der Waals surface area contributed by atoms with E-state index in [2.05, 4.69) is 0 Å². The van der Waals surface area contributed by atoms with Gasteiger partial charge in [0.15, 0.2) is 0 Å². The summed E-state index contributed by atoms with van der Waals surface area (Å²) in [5, 5.41) is 9.23. The number of rotatable bonds is 4. The average molecular weight is 245 g/mol. The lowest BCUT2D eigenvalue weighted by Crippen LogP contribution is -2.42. The maximum Gasteiger partial charge on any atom is 0.308 e. The van der Waals surface area contributed by atoms with Crippen LogP contribution in [0.25, 0.3) is 0 Å². The third kappa shape index (κ3) is 3.70. The van der Waals surface area contributed by atoms with Gasteiger partial charge in [0.05, 0.1) is 5.92 Å². The molecule has 1 aliphatic rings. The number of thioether (sulfide) groups is 1. The number of piperidine rings is 1. The van der Waals surface area contributed by atoms with Gasteiger partial charge in [-0.1, -0.05) is 6.92 Å². The molecule has 0 aromatic carbocycles. The maximum absolute atomic E-state index is 11.9. The van der Waals surface area contributed by atoms with Crippen LogP contribution >= 0.6 is 11.8 Å². The molecule has 1 amide bonds. The molecular formula is C11H19NO3S. The number of carboxylic acid groups (broad SMARTS) is 1. The normalized spacial score (nSPS) is 22.9. The summed E-state index contributed by atoms with van der Waals surface area (Å²) in [6, 6.07) is 0. The zero-order valence-electron chi connectivity index (χ0n) is 9.81. The van der Waals surface area contributed by atoms with E-state index in [0.29, 0.717) is 31.2 Å². The van der Waals surface area contributed by atoms with Crippen LogP contribution in [0.5, 0.6) is 0 Å². The number of hydrogen-bond donors (Lipinski definition) is 1. The van der Waals surface area contributed by atoms with Crippen LogP contribution in [-0.2, 0) is 9.59 Å². The maximum atomic E-state index is 11.9. The summed E-state index contributed by atoms with van der Waals surface area (Å²) in [6.07, 6.45) is 3.98. The average Bonchev–Trinajstić information content (AvgIpc) is 2.28. The molecule has 2 atom stereocenters. The molecule has 1 rings (SSSR count). The Hall–Kier alpha value is -0.710. The van der Waals surface area contributed by atoms with Crippen LogP contribution in [0.1, 0.15) is 26.2 Å². The summed E-state index contributed by atoms with van der Waals surface area (Å²) in [5.74, 6) is -1.06. The second-order valence-corrected chi connectivity index (χ2v) is 5.54. The quantitative estimate of drug-likeness (QED) is 0.814. The molecule has 1 fully saturated rings. The van der Waals surface area contributed by atoms with Gasteiger partial charge in [-0.25, -0.2) is 0 Å². The Morgan fingerprint density at radius 1 is 1.56 bits per heavy atom. The Kier molecular flexibility index (Phi) is 5.12. The van der Waals surface area contributed by atoms with Crippen LogP contribution in [0.3, 0.4) is 0 Å². The van der Waals surface area contributed by atoms with Crippen LogP contribution in [0.15, 0.2) is 0 Å². The van der Waals surface area contributed by atoms with Crippen LogP contribution in [0.4, 0.5) is 0 Å². The van der Waals surface area contributed by atoms with Gasteiger partial charge in [-0.2, -0.15) is 11.8 Å². The third-order valence-electron chi connectivity index (χ3n) is 2.99. The van der Waals surface area contributed by atoms with Gasteiger partial charge in [-0.15, -0.1) is 0 Å². The van der Waals surface area contributed by atoms with E-state index in [1.807, 2.05) is 13.2 Å². The van der Waals surface area contributed by atoms with E-state index in [1.54, 1.807) is 16.7 Å². The standard InChI is InChI=1S/C11H19NO3S/c1-8(16-2)6-10(13)12-5-3-4-9(7-12)11(14)15/h8-9H,3-7H2,1-2H3,(H,14,15). The monoisotopic (exact) mass is 245 g/mol. The van der Waals surface area contributed by atoms with Gasteiger partial charge in [0, 0.05) is 24.8 Å². The zero-order chi connectivity index (χ0) is 12.1. The highest BCUT2D eigenvalue weighted by Crippen LogP contribution is 2.19. The van der Waals surface area contributed by atoms with Crippen molar-refractivity contribution < 1.29 is 14.7 Å². The lowest BCUT2D eigenvalue weighted by atomic mass is 9.98. The van der Waals surface area contributed by atoms with Crippen LogP contribution in [0, 0.1) is 5.92 Å². The molecule has 92 valence electrons. The SMILES string of the molecule is CSC(C)CC(=O)N1CCCC(C(=O)O)C1. The molecule has 4 nitrogen and oxygen atoms in total. The highest BCUT2D eigenvalue weighted by atomic mass is 32.2. The molecule has 0 aromatic rings. The van der Waals surface area contributed by atoms with E-state index < -0.39 is 5.97 Å². The second-order valence-electron chi connectivity index (χ2n) is 4.27. The van der Waals surface area contributed by atoms with Crippen molar-refractivity contribution >= 4 is 23.6 Å². The minimum Gasteiger partial charge on any atom is -0.481 e. The number of hydrogen-bond acceptors (Lipinski definition) is 3. The summed E-state index contributed by atoms with van der Waals surface area (Å²) in [4.78, 5) is 24.4. The number of carboxylic acids is 1. The fourth-order valence-electron chi connectivity index (χ4n) is 1.86. The Morgan fingerprint density at radius 2 is 2.25 bits per heavy atom. The summed E-state index contributed by atoms with van der Waals surface area (Å²) >= 11 is 1.66. The first-order valence-electron chi connectivity index (χ1n) is 5.58. The van der Waals surface area contributed by atoms with Crippen molar-refractivity contribution in [3.05, 3.63) is 0 Å². The smallest absolute Gasteiger partial charge is 0.308 e. The molecule has 0 saturated carbocycles. The molecule has 2 unspecified atom stereocenters. The first-order valence-corrected chi connectivity index (χ1v) is 6.86. The van der Waals surface area contributed by atoms with E-state index in [-0.39, 0.29) is 11.8 Å². The number of aliphatic carboxylic acids is 1. The Balaban J connectivity index is 2.47. The van der Waals surface area contributed by atoms with Crippen molar-refractivity contribution in [2.75, 3.05) is 19.3 Å². The molecule has 0 aromatic heterocycles. The molecule has 16 heavy (non-hydrogen) atoms. The van der Waals surface area contributed by atoms with Gasteiger partial charge in [-0.3, -0.25) is 9.59 Å². The lowest BCUT2D eigenvalue weighted by Gasteiger charge is -2.31. The molecule has 0 aliphatic carbocycles. The summed E-state index contributed by atoms with van der Waals surface area (Å²) < 4.78 is 0. The fraction of sp³-hybridized carbons (Fsp3) is 0.818. The predicted molar refractivity (Wildman–Crippen MR) is 64.5 cm³/mol. The van der Waals surface area contributed by atoms with Crippen molar-refractivity contribution in [2.24, 2.45) is 5.92 Å². The van der Waals surface area contributed by atoms with Crippen molar-refractivity contribution in [3.8, 4) is 0 Å². The van der Waals surface area contributed by atoms with Crippen molar-refractivity contribution in [1.29, 1.82) is 0 Å². The van der Waals surface area contributed by atoms with Crippen molar-refractivity contribution in [1.82, 2.24) is 4.90 Å². The Bertz CT molecular complexity index is 270. The van der Waals surface area contributed by atoms with E-state index in [9.17, 15) is 9.59 Å². The van der Waals surface area contributed by atoms with E-state index in [0.717, 1.165) is 6.42 Å². The van der Waals surface area contributed by atoms with E-state index >= 15 is 0 Å². The molecule has 0 spiro atoms. The topological polar surface area (TPSA) is 57.6 Å². The lowest BCUT2D eigenvalue weighted by molar-refractivity contribution is -0.145. The van der Waals surface area contributed by atoms with Crippen LogP contribution in [-0.4, -0.2) is 46.5 Å². The molecule has 5 heteroatoms. The minimum absolute atomic E-state index is 0.0906. The number of likely N-dealkylation sites (tertiary alicyclic amines) is 1. The van der Waals surface area contributed by atoms with Gasteiger partial charge in [0.1, 0.15) is 0 Å². The molecule has 1 heterocycles. The van der Waals surface area contributed by atoms with Gasteiger partial charge < -0.3 is 10.0 Å². The van der Waals surface area contributed by atoms with Gasteiger partial charge in [-0.05, 0) is 19.1 Å². The fourth-order valence-corrected chi connectivity index (χ4v) is 2.17. The van der Waals surface area contributed by atoms with Crippen LogP contribution < -0.4 is 0 Å². The summed E-state index contributed by atoms with van der Waals surface area (Å²) in [6.45, 7) is 3.11. The summed E-state index contributed by atoms with van der Waals surface area (Å²) in [5.41, 5.74) is 0. The van der Waals surface area contributed by atoms with E-state index in [1.165, 1.54) is 0 Å². The molecule has 1 saturated heterocycles.